The third-order valence-corrected chi connectivity index (χ3v) is 4.89. The molecule has 1 aromatic carbocycles. The molecule has 2 heterocycles. The van der Waals surface area contributed by atoms with Crippen LogP contribution in [0, 0.1) is 12.7 Å². The van der Waals surface area contributed by atoms with Gasteiger partial charge in [-0.05, 0) is 31.2 Å². The van der Waals surface area contributed by atoms with Crippen LogP contribution in [0.2, 0.25) is 0 Å². The summed E-state index contributed by atoms with van der Waals surface area (Å²) in [4.78, 5) is 4.94. The Kier molecular flexibility index (Phi) is 4.22. The molecule has 0 saturated carbocycles. The largest absolute Gasteiger partial charge is 0.368 e. The summed E-state index contributed by atoms with van der Waals surface area (Å²) in [6, 6.07) is 5.10. The molecule has 0 N–H and O–H groups in total. The predicted molar refractivity (Wildman–Crippen MR) is 85.0 cm³/mol. The Balaban J connectivity index is 1.70. The Morgan fingerprint density at radius 3 is 2.75 bits per heavy atom. The molecule has 1 aliphatic rings. The lowest BCUT2D eigenvalue weighted by Gasteiger charge is -2.35. The van der Waals surface area contributed by atoms with E-state index in [9.17, 15) is 4.39 Å². The number of hydrogen-bond donors (Lipinski definition) is 0. The molecule has 0 unspecified atom stereocenters. The Labute approximate surface area is 123 Å². The van der Waals surface area contributed by atoms with Crippen LogP contribution in [0.3, 0.4) is 0 Å². The van der Waals surface area contributed by atoms with Crippen molar-refractivity contribution in [2.75, 3.05) is 37.6 Å². The molecular formula is C16H20FN2S. The molecule has 20 heavy (non-hydrogen) atoms. The van der Waals surface area contributed by atoms with Gasteiger partial charge in [0, 0.05) is 41.6 Å². The molecule has 0 aliphatic carbocycles. The predicted octanol–water partition coefficient (Wildman–Crippen LogP) is 3.78. The molecule has 0 spiro atoms. The van der Waals surface area contributed by atoms with Crippen molar-refractivity contribution >= 4 is 27.1 Å². The van der Waals surface area contributed by atoms with E-state index in [1.54, 1.807) is 23.5 Å². The molecule has 4 heteroatoms. The SMILES string of the molecule is [CH2]CCCN1CCN(c2csc3cc(F)ccc23)CC1. The van der Waals surface area contributed by atoms with Crippen LogP contribution in [0.5, 0.6) is 0 Å². The van der Waals surface area contributed by atoms with Crippen LogP contribution in [0.15, 0.2) is 23.6 Å². The van der Waals surface area contributed by atoms with Crippen molar-refractivity contribution < 1.29 is 4.39 Å². The van der Waals surface area contributed by atoms with E-state index >= 15 is 0 Å². The van der Waals surface area contributed by atoms with Crippen LogP contribution >= 0.6 is 11.3 Å². The molecule has 2 aromatic rings. The van der Waals surface area contributed by atoms with Crippen molar-refractivity contribution in [3.63, 3.8) is 0 Å². The number of thiophene rings is 1. The summed E-state index contributed by atoms with van der Waals surface area (Å²) in [5, 5.41) is 3.35. The van der Waals surface area contributed by atoms with E-state index in [0.29, 0.717) is 0 Å². The zero-order chi connectivity index (χ0) is 13.9. The van der Waals surface area contributed by atoms with Crippen molar-refractivity contribution in [1.29, 1.82) is 0 Å². The molecule has 0 bridgehead atoms. The van der Waals surface area contributed by atoms with Crippen molar-refractivity contribution in [3.8, 4) is 0 Å². The van der Waals surface area contributed by atoms with E-state index < -0.39 is 0 Å². The fourth-order valence-corrected chi connectivity index (χ4v) is 3.78. The number of fused-ring (bicyclic) bond motifs is 1. The maximum atomic E-state index is 13.2. The highest BCUT2D eigenvalue weighted by atomic mass is 32.1. The smallest absolute Gasteiger partial charge is 0.124 e. The summed E-state index contributed by atoms with van der Waals surface area (Å²) < 4.78 is 14.3. The van der Waals surface area contributed by atoms with Gasteiger partial charge in [0.2, 0.25) is 0 Å². The lowest BCUT2D eigenvalue weighted by molar-refractivity contribution is 0.256. The fraction of sp³-hybridized carbons (Fsp3) is 0.438. The van der Waals surface area contributed by atoms with Gasteiger partial charge >= 0.3 is 0 Å². The molecule has 1 fully saturated rings. The van der Waals surface area contributed by atoms with Gasteiger partial charge < -0.3 is 4.90 Å². The van der Waals surface area contributed by atoms with Gasteiger partial charge in [0.05, 0.1) is 5.69 Å². The monoisotopic (exact) mass is 291 g/mol. The number of unbranched alkanes of at least 4 members (excludes halogenated alkanes) is 1. The van der Waals surface area contributed by atoms with Gasteiger partial charge in [-0.1, -0.05) is 13.3 Å². The van der Waals surface area contributed by atoms with E-state index in [0.717, 1.165) is 43.8 Å². The molecule has 1 saturated heterocycles. The minimum absolute atomic E-state index is 0.149. The van der Waals surface area contributed by atoms with E-state index in [1.807, 2.05) is 6.07 Å². The fourth-order valence-electron chi connectivity index (χ4n) is 2.78. The normalized spacial score (nSPS) is 17.0. The van der Waals surface area contributed by atoms with E-state index in [-0.39, 0.29) is 5.82 Å². The highest BCUT2D eigenvalue weighted by Gasteiger charge is 2.19. The number of piperazine rings is 1. The topological polar surface area (TPSA) is 6.48 Å². The molecule has 1 aliphatic heterocycles. The second kappa shape index (κ2) is 6.10. The van der Waals surface area contributed by atoms with Crippen molar-refractivity contribution in [1.82, 2.24) is 4.90 Å². The number of nitrogens with zero attached hydrogens (tertiary/aromatic N) is 2. The first-order valence-corrected chi connectivity index (χ1v) is 8.09. The molecule has 107 valence electrons. The van der Waals surface area contributed by atoms with Crippen LogP contribution < -0.4 is 4.90 Å². The van der Waals surface area contributed by atoms with Crippen molar-refractivity contribution in [2.45, 2.75) is 12.8 Å². The molecule has 0 amide bonds. The zero-order valence-corrected chi connectivity index (χ0v) is 12.5. The van der Waals surface area contributed by atoms with E-state index in [2.05, 4.69) is 22.1 Å². The maximum Gasteiger partial charge on any atom is 0.124 e. The quantitative estimate of drug-likeness (QED) is 0.846. The zero-order valence-electron chi connectivity index (χ0n) is 11.6. The lowest BCUT2D eigenvalue weighted by atomic mass is 10.2. The average molecular weight is 291 g/mol. The summed E-state index contributed by atoms with van der Waals surface area (Å²) in [6.45, 7) is 9.39. The number of rotatable bonds is 4. The summed E-state index contributed by atoms with van der Waals surface area (Å²) in [7, 11) is 0. The molecule has 1 radical (unpaired) electrons. The third-order valence-electron chi connectivity index (χ3n) is 3.95. The summed E-state index contributed by atoms with van der Waals surface area (Å²) in [6.07, 6.45) is 2.20. The van der Waals surface area contributed by atoms with Crippen LogP contribution in [-0.2, 0) is 0 Å². The maximum absolute atomic E-state index is 13.2. The molecule has 2 nitrogen and oxygen atoms in total. The van der Waals surface area contributed by atoms with Crippen molar-refractivity contribution in [3.05, 3.63) is 36.3 Å². The van der Waals surface area contributed by atoms with Gasteiger partial charge in [-0.3, -0.25) is 4.90 Å². The number of benzene rings is 1. The highest BCUT2D eigenvalue weighted by molar-refractivity contribution is 7.17. The second-order valence-electron chi connectivity index (χ2n) is 5.30. The first-order valence-electron chi connectivity index (χ1n) is 7.21. The van der Waals surface area contributed by atoms with Gasteiger partial charge in [-0.25, -0.2) is 4.39 Å². The first-order chi connectivity index (χ1) is 9.78. The minimum Gasteiger partial charge on any atom is -0.368 e. The minimum atomic E-state index is -0.149. The van der Waals surface area contributed by atoms with Crippen LogP contribution in [-0.4, -0.2) is 37.6 Å². The molecule has 3 rings (SSSR count). The standard InChI is InChI=1S/C16H20FN2S/c1-2-3-6-18-7-9-19(10-8-18)15-12-20-16-11-13(17)4-5-14(15)16/h4-5,11-12H,1-3,6-10H2. The van der Waals surface area contributed by atoms with E-state index in [1.165, 1.54) is 17.5 Å². The molecular weight excluding hydrogens is 271 g/mol. The van der Waals surface area contributed by atoms with Crippen LogP contribution in [0.1, 0.15) is 12.8 Å². The molecule has 1 aromatic heterocycles. The number of hydrogen-bond acceptors (Lipinski definition) is 3. The first kappa shape index (κ1) is 13.8. The van der Waals surface area contributed by atoms with E-state index in [4.69, 9.17) is 0 Å². The van der Waals surface area contributed by atoms with Gasteiger partial charge in [-0.15, -0.1) is 11.3 Å². The third kappa shape index (κ3) is 2.81. The second-order valence-corrected chi connectivity index (χ2v) is 6.21. The van der Waals surface area contributed by atoms with Gasteiger partial charge in [0.15, 0.2) is 0 Å². The summed E-state index contributed by atoms with van der Waals surface area (Å²) in [5.74, 6) is -0.149. The Hall–Kier alpha value is -1.13. The van der Waals surface area contributed by atoms with Crippen LogP contribution in [0.4, 0.5) is 10.1 Å². The Bertz CT molecular complexity index is 573. The Morgan fingerprint density at radius 2 is 2.00 bits per heavy atom. The highest BCUT2D eigenvalue weighted by Crippen LogP contribution is 2.33. The number of halogens is 1. The van der Waals surface area contributed by atoms with Crippen LogP contribution in [0.25, 0.3) is 10.1 Å². The van der Waals surface area contributed by atoms with Gasteiger partial charge in [-0.2, -0.15) is 0 Å². The summed E-state index contributed by atoms with van der Waals surface area (Å²) >= 11 is 1.63. The summed E-state index contributed by atoms with van der Waals surface area (Å²) in [5.41, 5.74) is 1.27. The average Bonchev–Trinajstić information content (AvgIpc) is 2.88. The lowest BCUT2D eigenvalue weighted by Crippen LogP contribution is -2.46. The number of anilines is 1. The Morgan fingerprint density at radius 1 is 1.20 bits per heavy atom. The van der Waals surface area contributed by atoms with Crippen molar-refractivity contribution in [2.24, 2.45) is 0 Å². The van der Waals surface area contributed by atoms with Gasteiger partial charge in [0.1, 0.15) is 5.82 Å². The molecule has 0 atom stereocenters. The van der Waals surface area contributed by atoms with Gasteiger partial charge in [0.25, 0.3) is 0 Å².